The van der Waals surface area contributed by atoms with Crippen molar-refractivity contribution in [3.63, 3.8) is 0 Å². The summed E-state index contributed by atoms with van der Waals surface area (Å²) < 4.78 is 0. The number of anilines is 2. The monoisotopic (exact) mass is 446 g/mol. The van der Waals surface area contributed by atoms with Crippen LogP contribution in [-0.4, -0.2) is 11.4 Å². The Balaban J connectivity index is 1.63. The van der Waals surface area contributed by atoms with Gasteiger partial charge in [0.2, 0.25) is 0 Å². The molecule has 4 aromatic rings. The van der Waals surface area contributed by atoms with Crippen molar-refractivity contribution in [2.45, 2.75) is 26.9 Å². The van der Waals surface area contributed by atoms with E-state index in [9.17, 15) is 0 Å². The highest BCUT2D eigenvalue weighted by atomic mass is 15.5. The van der Waals surface area contributed by atoms with Gasteiger partial charge in [0.1, 0.15) is 0 Å². The van der Waals surface area contributed by atoms with Crippen molar-refractivity contribution >= 4 is 22.8 Å². The van der Waals surface area contributed by atoms with Crippen LogP contribution in [0.3, 0.4) is 0 Å². The van der Waals surface area contributed by atoms with E-state index in [-0.39, 0.29) is 0 Å². The zero-order valence-corrected chi connectivity index (χ0v) is 19.8. The van der Waals surface area contributed by atoms with Crippen LogP contribution in [0, 0.1) is 0 Å². The third-order valence-electron chi connectivity index (χ3n) is 5.52. The number of nitrogens with zero attached hydrogens (tertiary/aromatic N) is 4. The second-order valence-corrected chi connectivity index (χ2v) is 8.13. The topological polar surface area (TPSA) is 31.2 Å². The Labute approximate surface area is 202 Å². The fraction of sp³-hybridized carbons (Fsp3) is 0.133. The summed E-state index contributed by atoms with van der Waals surface area (Å²) in [4.78, 5) is 0. The normalized spacial score (nSPS) is 11.8. The first kappa shape index (κ1) is 23.0. The Morgan fingerprint density at radius 1 is 0.471 bits per heavy atom. The Morgan fingerprint density at radius 3 is 1.09 bits per heavy atom. The lowest BCUT2D eigenvalue weighted by Crippen LogP contribution is -2.23. The van der Waals surface area contributed by atoms with Crippen LogP contribution < -0.4 is 10.0 Å². The van der Waals surface area contributed by atoms with Crippen molar-refractivity contribution in [2.75, 3.05) is 10.0 Å². The van der Waals surface area contributed by atoms with E-state index in [1.807, 2.05) is 72.4 Å². The molecule has 0 spiro atoms. The molecule has 0 aliphatic carbocycles. The summed E-state index contributed by atoms with van der Waals surface area (Å²) in [5.41, 5.74) is 6.23. The molecule has 4 aromatic carbocycles. The molecule has 0 aliphatic heterocycles. The van der Waals surface area contributed by atoms with Gasteiger partial charge in [-0.05, 0) is 49.2 Å². The molecular weight excluding hydrogens is 416 g/mol. The van der Waals surface area contributed by atoms with Crippen LogP contribution in [0.4, 0.5) is 11.4 Å². The Morgan fingerprint density at radius 2 is 0.765 bits per heavy atom. The first-order valence-electron chi connectivity index (χ1n) is 11.5. The zero-order chi connectivity index (χ0) is 23.6. The van der Waals surface area contributed by atoms with E-state index in [1.54, 1.807) is 0 Å². The highest BCUT2D eigenvalue weighted by molar-refractivity contribution is 6.40. The molecule has 0 heterocycles. The van der Waals surface area contributed by atoms with E-state index >= 15 is 0 Å². The molecule has 0 radical (unpaired) electrons. The minimum absolute atomic E-state index is 0.682. The zero-order valence-electron chi connectivity index (χ0n) is 19.8. The Bertz CT molecular complexity index is 1100. The number of benzene rings is 4. The summed E-state index contributed by atoms with van der Waals surface area (Å²) in [6.45, 7) is 5.40. The van der Waals surface area contributed by atoms with Gasteiger partial charge in [-0.25, -0.2) is 0 Å². The van der Waals surface area contributed by atoms with Gasteiger partial charge in [0.25, 0.3) is 0 Å². The van der Waals surface area contributed by atoms with Crippen molar-refractivity contribution in [3.05, 3.63) is 132 Å². The summed E-state index contributed by atoms with van der Waals surface area (Å²) in [7, 11) is 0. The highest BCUT2D eigenvalue weighted by Gasteiger charge is 2.11. The first-order valence-corrected chi connectivity index (χ1v) is 11.5. The maximum Gasteiger partial charge on any atom is 0.0808 e. The van der Waals surface area contributed by atoms with Crippen LogP contribution in [0.2, 0.25) is 0 Å². The lowest BCUT2D eigenvalue weighted by Gasteiger charge is -2.22. The summed E-state index contributed by atoms with van der Waals surface area (Å²) in [5.74, 6) is 0. The van der Waals surface area contributed by atoms with Crippen LogP contribution >= 0.6 is 0 Å². The molecule has 0 amide bonds. The molecule has 0 aliphatic rings. The average molecular weight is 447 g/mol. The van der Waals surface area contributed by atoms with Gasteiger partial charge in [0.15, 0.2) is 0 Å². The number of hydrogen-bond donors (Lipinski definition) is 0. The van der Waals surface area contributed by atoms with Crippen LogP contribution in [0.15, 0.2) is 132 Å². The van der Waals surface area contributed by atoms with E-state index in [0.717, 1.165) is 22.8 Å². The quantitative estimate of drug-likeness (QED) is 0.202. The lowest BCUT2D eigenvalue weighted by atomic mass is 10.2. The molecule has 0 bridgehead atoms. The van der Waals surface area contributed by atoms with Gasteiger partial charge >= 0.3 is 0 Å². The van der Waals surface area contributed by atoms with E-state index in [4.69, 9.17) is 10.2 Å². The Kier molecular flexibility index (Phi) is 7.86. The van der Waals surface area contributed by atoms with Gasteiger partial charge < -0.3 is 0 Å². The van der Waals surface area contributed by atoms with Crippen LogP contribution in [0.5, 0.6) is 0 Å². The largest absolute Gasteiger partial charge is 0.261 e. The minimum atomic E-state index is 0.682. The van der Waals surface area contributed by atoms with Crippen molar-refractivity contribution in [1.29, 1.82) is 0 Å². The van der Waals surface area contributed by atoms with Gasteiger partial charge in [0.05, 0.1) is 35.9 Å². The third-order valence-corrected chi connectivity index (χ3v) is 5.52. The molecule has 0 saturated carbocycles. The second kappa shape index (κ2) is 11.6. The molecule has 0 saturated heterocycles. The van der Waals surface area contributed by atoms with Crippen molar-refractivity contribution < 1.29 is 0 Å². The molecule has 0 aromatic heterocycles. The van der Waals surface area contributed by atoms with Gasteiger partial charge in [-0.2, -0.15) is 10.2 Å². The molecule has 0 fully saturated rings. The van der Waals surface area contributed by atoms with Gasteiger partial charge in [-0.15, -0.1) is 0 Å². The van der Waals surface area contributed by atoms with Crippen LogP contribution in [0.1, 0.15) is 25.0 Å². The smallest absolute Gasteiger partial charge is 0.0808 e. The molecule has 4 heteroatoms. The highest BCUT2D eigenvalue weighted by Crippen LogP contribution is 2.19. The van der Waals surface area contributed by atoms with Crippen molar-refractivity contribution in [1.82, 2.24) is 0 Å². The molecule has 34 heavy (non-hydrogen) atoms. The molecule has 170 valence electrons. The molecule has 0 N–H and O–H groups in total. The predicted octanol–water partition coefficient (Wildman–Crippen LogP) is 7.15. The number of para-hydroxylation sites is 2. The van der Waals surface area contributed by atoms with E-state index in [1.165, 1.54) is 11.1 Å². The maximum absolute atomic E-state index is 4.99. The lowest BCUT2D eigenvalue weighted by molar-refractivity contribution is 0.847. The average Bonchev–Trinajstić information content (AvgIpc) is 2.90. The van der Waals surface area contributed by atoms with Crippen LogP contribution in [-0.2, 0) is 13.1 Å². The molecule has 0 atom stereocenters. The summed E-state index contributed by atoms with van der Waals surface area (Å²) in [6.07, 6.45) is 0. The summed E-state index contributed by atoms with van der Waals surface area (Å²) in [5, 5.41) is 14.0. The predicted molar refractivity (Wildman–Crippen MR) is 144 cm³/mol. The third kappa shape index (κ3) is 6.42. The maximum atomic E-state index is 4.99. The van der Waals surface area contributed by atoms with Gasteiger partial charge in [-0.3, -0.25) is 10.0 Å². The molecular formula is C30H30N4. The first-order chi connectivity index (χ1) is 16.7. The van der Waals surface area contributed by atoms with E-state index < -0.39 is 0 Å². The van der Waals surface area contributed by atoms with Crippen molar-refractivity contribution in [3.8, 4) is 0 Å². The fourth-order valence-corrected chi connectivity index (χ4v) is 3.59. The molecule has 4 rings (SSSR count). The van der Waals surface area contributed by atoms with Crippen molar-refractivity contribution in [2.24, 2.45) is 10.2 Å². The number of rotatable bonds is 9. The second-order valence-electron chi connectivity index (χ2n) is 8.13. The minimum Gasteiger partial charge on any atom is -0.261 e. The van der Waals surface area contributed by atoms with Crippen LogP contribution in [0.25, 0.3) is 0 Å². The van der Waals surface area contributed by atoms with Gasteiger partial charge in [0, 0.05) is 0 Å². The van der Waals surface area contributed by atoms with E-state index in [2.05, 4.69) is 72.8 Å². The number of hydrogen-bond acceptors (Lipinski definition) is 4. The Hall–Kier alpha value is -4.18. The van der Waals surface area contributed by atoms with Gasteiger partial charge in [-0.1, -0.05) is 97.1 Å². The van der Waals surface area contributed by atoms with E-state index in [0.29, 0.717) is 13.1 Å². The SMILES string of the molecule is CC(=N/N(Cc1ccccc1)c1ccccc1)/C(C)=N/N(Cc1ccccc1)c1ccccc1. The molecule has 0 unspecified atom stereocenters. The molecule has 4 nitrogen and oxygen atoms in total. The summed E-state index contributed by atoms with van der Waals surface area (Å²) in [6, 6.07) is 41.3. The number of hydrazone groups is 2. The summed E-state index contributed by atoms with van der Waals surface area (Å²) >= 11 is 0. The standard InChI is InChI=1S/C30H30N4/c1-25(31-33(29-19-11-5-12-20-29)23-27-15-7-3-8-16-27)26(2)32-34(30-21-13-6-14-22-30)24-28-17-9-4-10-18-28/h3-22H,23-24H2,1-2H3/b31-25-,32-26+. The fourth-order valence-electron chi connectivity index (χ4n) is 3.59.